The molecule has 4 N–H and O–H groups in total. The number of hydrogen-bond acceptors (Lipinski definition) is 9. The molecule has 0 aromatic carbocycles. The minimum Gasteiger partial charge on any atom is -0.370 e. The minimum absolute atomic E-state index is 0.0882. The van der Waals surface area contributed by atoms with Gasteiger partial charge in [-0.3, -0.25) is 4.52 Å². The first kappa shape index (κ1) is 24.6. The first-order valence-corrected chi connectivity index (χ1v) is 11.4. The zero-order valence-corrected chi connectivity index (χ0v) is 16.4. The standard InChI is InChI=1S/C8H17FN3O12P3/c1-5-3-6(22-8(2,9)11-12-10)7(21-5)4-20-26(16,17)24-27(18,19)23-25(13,14)15/h5-7H,3-4H2,1-2H3,(H,16,17)(H,18,19)(H2,13,14,15)/t5-,6+,7+,8?/m0/s1. The van der Waals surface area contributed by atoms with Crippen LogP contribution < -0.4 is 0 Å². The Morgan fingerprint density at radius 1 is 1.26 bits per heavy atom. The predicted octanol–water partition coefficient (Wildman–Crippen LogP) is 1.85. The molecule has 0 amide bonds. The summed E-state index contributed by atoms with van der Waals surface area (Å²) in [6.07, 6.45) is -2.68. The van der Waals surface area contributed by atoms with Crippen molar-refractivity contribution in [3.05, 3.63) is 10.4 Å². The lowest BCUT2D eigenvalue weighted by molar-refractivity contribution is -0.178. The number of phosphoric ester groups is 1. The Labute approximate surface area is 151 Å². The molecule has 0 aromatic rings. The van der Waals surface area contributed by atoms with Gasteiger partial charge >= 0.3 is 23.5 Å². The average Bonchev–Trinajstić information content (AvgIpc) is 2.71. The lowest BCUT2D eigenvalue weighted by Gasteiger charge is -2.25. The maximum Gasteiger partial charge on any atom is 0.490 e. The molecular formula is C8H17FN3O12P3. The second-order valence-corrected chi connectivity index (χ2v) is 9.74. The molecule has 15 nitrogen and oxygen atoms in total. The van der Waals surface area contributed by atoms with Gasteiger partial charge in [-0.05, 0) is 17.6 Å². The normalized spacial score (nSPS) is 30.0. The average molecular weight is 459 g/mol. The molecule has 0 saturated carbocycles. The summed E-state index contributed by atoms with van der Waals surface area (Å²) in [7, 11) is -16.5. The van der Waals surface area contributed by atoms with Crippen molar-refractivity contribution in [1.82, 2.24) is 0 Å². The second kappa shape index (κ2) is 8.93. The van der Waals surface area contributed by atoms with Crippen molar-refractivity contribution in [2.75, 3.05) is 6.61 Å². The maximum atomic E-state index is 13.9. The third-order valence-corrected chi connectivity index (χ3v) is 6.60. The summed E-state index contributed by atoms with van der Waals surface area (Å²) in [5.41, 5.74) is 8.27. The first-order valence-electron chi connectivity index (χ1n) is 6.91. The molecule has 1 rings (SSSR count). The Morgan fingerprint density at radius 2 is 1.85 bits per heavy atom. The van der Waals surface area contributed by atoms with Crippen LogP contribution >= 0.6 is 23.5 Å². The summed E-state index contributed by atoms with van der Waals surface area (Å²) in [6.45, 7) is 1.56. The summed E-state index contributed by atoms with van der Waals surface area (Å²) in [5.74, 6) is -2.75. The van der Waals surface area contributed by atoms with Crippen molar-refractivity contribution in [2.24, 2.45) is 5.11 Å². The SMILES string of the molecule is C[C@H]1C[C@@H](OC(C)(F)N=[N+]=[N-])[C@@H](COP(=O)(O)OP(=O)(O)OP(=O)(O)O)O1. The molecule has 0 spiro atoms. The van der Waals surface area contributed by atoms with Crippen LogP contribution in [0.3, 0.4) is 0 Å². The van der Waals surface area contributed by atoms with E-state index in [1.807, 2.05) is 0 Å². The molecule has 0 bridgehead atoms. The van der Waals surface area contributed by atoms with Gasteiger partial charge in [-0.1, -0.05) is 0 Å². The Bertz CT molecular complexity index is 723. The third-order valence-electron chi connectivity index (χ3n) is 2.79. The van der Waals surface area contributed by atoms with Crippen LogP contribution in [0.5, 0.6) is 0 Å². The highest BCUT2D eigenvalue weighted by molar-refractivity contribution is 7.66. The Balaban J connectivity index is 2.73. The van der Waals surface area contributed by atoms with Crippen LogP contribution in [0.2, 0.25) is 0 Å². The summed E-state index contributed by atoms with van der Waals surface area (Å²) in [4.78, 5) is 37.5. The molecule has 1 heterocycles. The fourth-order valence-electron chi connectivity index (χ4n) is 2.04. The maximum absolute atomic E-state index is 13.9. The van der Waals surface area contributed by atoms with Crippen LogP contribution in [-0.4, -0.2) is 50.5 Å². The number of hydrogen-bond donors (Lipinski definition) is 4. The van der Waals surface area contributed by atoms with Gasteiger partial charge in [-0.15, -0.1) is 0 Å². The summed E-state index contributed by atoms with van der Waals surface area (Å²) >= 11 is 0. The van der Waals surface area contributed by atoms with Crippen LogP contribution in [-0.2, 0) is 36.3 Å². The molecule has 0 radical (unpaired) electrons. The van der Waals surface area contributed by atoms with E-state index in [0.29, 0.717) is 0 Å². The van der Waals surface area contributed by atoms with Crippen LogP contribution in [0.4, 0.5) is 4.39 Å². The molecule has 3 unspecified atom stereocenters. The summed E-state index contributed by atoms with van der Waals surface area (Å²) < 4.78 is 69.0. The van der Waals surface area contributed by atoms with Gasteiger partial charge in [0.15, 0.2) is 0 Å². The number of nitrogens with zero attached hydrogens (tertiary/aromatic N) is 3. The largest absolute Gasteiger partial charge is 0.490 e. The van der Waals surface area contributed by atoms with Crippen LogP contribution in [0, 0.1) is 0 Å². The fourth-order valence-corrected chi connectivity index (χ4v) is 5.07. The highest BCUT2D eigenvalue weighted by atomic mass is 31.3. The van der Waals surface area contributed by atoms with Crippen molar-refractivity contribution < 1.29 is 60.3 Å². The van der Waals surface area contributed by atoms with E-state index in [0.717, 1.165) is 6.92 Å². The molecule has 1 aliphatic heterocycles. The van der Waals surface area contributed by atoms with E-state index < -0.39 is 54.4 Å². The van der Waals surface area contributed by atoms with E-state index in [1.54, 1.807) is 6.92 Å². The van der Waals surface area contributed by atoms with Gasteiger partial charge < -0.3 is 29.0 Å². The molecule has 158 valence electrons. The monoisotopic (exact) mass is 459 g/mol. The molecule has 0 aromatic heterocycles. The molecule has 27 heavy (non-hydrogen) atoms. The van der Waals surface area contributed by atoms with Gasteiger partial charge in [0.25, 0.3) is 5.98 Å². The quantitative estimate of drug-likeness (QED) is 0.121. The van der Waals surface area contributed by atoms with Gasteiger partial charge in [-0.25, -0.2) is 18.1 Å². The summed E-state index contributed by atoms with van der Waals surface area (Å²) in [5, 5.41) is 2.78. The zero-order chi connectivity index (χ0) is 21.1. The van der Waals surface area contributed by atoms with Gasteiger partial charge in [0.1, 0.15) is 6.10 Å². The Kier molecular flexibility index (Phi) is 8.14. The van der Waals surface area contributed by atoms with E-state index in [9.17, 15) is 23.0 Å². The van der Waals surface area contributed by atoms with E-state index in [2.05, 4.69) is 23.2 Å². The lowest BCUT2D eigenvalue weighted by Crippen LogP contribution is -2.35. The van der Waals surface area contributed by atoms with E-state index in [4.69, 9.17) is 29.7 Å². The van der Waals surface area contributed by atoms with Crippen molar-refractivity contribution in [2.45, 2.75) is 44.6 Å². The Hall–Kier alpha value is -0.430. The highest BCUT2D eigenvalue weighted by Crippen LogP contribution is 2.66. The summed E-state index contributed by atoms with van der Waals surface area (Å²) in [6, 6.07) is 0. The van der Waals surface area contributed by atoms with Gasteiger partial charge in [-0.2, -0.15) is 8.62 Å². The number of azide groups is 1. The second-order valence-electron chi connectivity index (χ2n) is 5.32. The van der Waals surface area contributed by atoms with Crippen molar-refractivity contribution >= 4 is 23.5 Å². The smallest absolute Gasteiger partial charge is 0.370 e. The number of rotatable bonds is 10. The number of ether oxygens (including phenoxy) is 2. The fraction of sp³-hybridized carbons (Fsp3) is 1.00. The number of alkyl halides is 1. The lowest BCUT2D eigenvalue weighted by atomic mass is 10.1. The van der Waals surface area contributed by atoms with Crippen LogP contribution in [0.1, 0.15) is 20.3 Å². The molecule has 1 fully saturated rings. The molecule has 19 heteroatoms. The van der Waals surface area contributed by atoms with E-state index in [-0.39, 0.29) is 6.42 Å². The molecule has 6 atom stereocenters. The van der Waals surface area contributed by atoms with Gasteiger partial charge in [0.2, 0.25) is 0 Å². The van der Waals surface area contributed by atoms with Crippen LogP contribution in [0.25, 0.3) is 10.4 Å². The predicted molar refractivity (Wildman–Crippen MR) is 82.3 cm³/mol. The van der Waals surface area contributed by atoms with E-state index >= 15 is 0 Å². The van der Waals surface area contributed by atoms with Crippen molar-refractivity contribution in [1.29, 1.82) is 0 Å². The first-order chi connectivity index (χ1) is 12.0. The molecule has 0 aliphatic carbocycles. The number of phosphoric acid groups is 3. The molecular weight excluding hydrogens is 442 g/mol. The minimum atomic E-state index is -5.66. The highest BCUT2D eigenvalue weighted by Gasteiger charge is 2.43. The molecule has 1 aliphatic rings. The van der Waals surface area contributed by atoms with E-state index in [1.165, 1.54) is 0 Å². The number of halogens is 1. The Morgan fingerprint density at radius 3 is 2.37 bits per heavy atom. The van der Waals surface area contributed by atoms with Crippen molar-refractivity contribution in [3.8, 4) is 0 Å². The van der Waals surface area contributed by atoms with Gasteiger partial charge in [0.05, 0.1) is 18.8 Å². The van der Waals surface area contributed by atoms with Crippen LogP contribution in [0.15, 0.2) is 5.11 Å². The molecule has 1 saturated heterocycles. The van der Waals surface area contributed by atoms with Crippen molar-refractivity contribution in [3.63, 3.8) is 0 Å². The van der Waals surface area contributed by atoms with Gasteiger partial charge in [0, 0.05) is 18.3 Å². The topological polar surface area (TPSA) is 227 Å². The zero-order valence-electron chi connectivity index (χ0n) is 13.8. The third kappa shape index (κ3) is 9.55.